The van der Waals surface area contributed by atoms with Crippen molar-refractivity contribution in [3.05, 3.63) is 35.0 Å². The molecular formula is C9H8N2. The quantitative estimate of drug-likeness (QED) is 0.565. The number of nitriles is 1. The first-order chi connectivity index (χ1) is 5.24. The van der Waals surface area contributed by atoms with Gasteiger partial charge < -0.3 is 4.98 Å². The summed E-state index contributed by atoms with van der Waals surface area (Å²) < 4.78 is 0. The minimum Gasteiger partial charge on any atom is -0.362 e. The second kappa shape index (κ2) is 2.89. The summed E-state index contributed by atoms with van der Waals surface area (Å²) in [6.07, 6.45) is 3.47. The van der Waals surface area contributed by atoms with E-state index >= 15 is 0 Å². The van der Waals surface area contributed by atoms with Crippen molar-refractivity contribution < 1.29 is 0 Å². The van der Waals surface area contributed by atoms with Crippen LogP contribution in [0.25, 0.3) is 12.7 Å². The average Bonchev–Trinajstić information content (AvgIpc) is 2.37. The van der Waals surface area contributed by atoms with Gasteiger partial charge in [0.2, 0.25) is 0 Å². The average molecular weight is 144 g/mol. The predicted octanol–water partition coefficient (Wildman–Crippen LogP) is 0.285. The molecule has 0 aliphatic heterocycles. The fourth-order valence-corrected chi connectivity index (χ4v) is 0.771. The predicted molar refractivity (Wildman–Crippen MR) is 44.8 cm³/mol. The topological polar surface area (TPSA) is 39.6 Å². The maximum Gasteiger partial charge on any atom is 0.0985 e. The third-order valence-corrected chi connectivity index (χ3v) is 1.34. The Balaban J connectivity index is 3.24. The molecule has 1 aromatic heterocycles. The Morgan fingerprint density at radius 2 is 2.45 bits per heavy atom. The highest BCUT2D eigenvalue weighted by Crippen LogP contribution is 1.84. The van der Waals surface area contributed by atoms with Crippen molar-refractivity contribution in [1.82, 2.24) is 4.98 Å². The lowest BCUT2D eigenvalue weighted by molar-refractivity contribution is 1.33. The molecule has 1 aromatic rings. The van der Waals surface area contributed by atoms with Crippen LogP contribution in [0.1, 0.15) is 0 Å². The zero-order chi connectivity index (χ0) is 8.27. The number of rotatable bonds is 1. The molecular weight excluding hydrogens is 136 g/mol. The molecule has 1 N–H and O–H groups in total. The Labute approximate surface area is 64.8 Å². The van der Waals surface area contributed by atoms with Crippen molar-refractivity contribution in [2.24, 2.45) is 0 Å². The Morgan fingerprint density at radius 3 is 2.91 bits per heavy atom. The Bertz CT molecular complexity index is 404. The minimum atomic E-state index is 0.439. The van der Waals surface area contributed by atoms with E-state index in [1.165, 1.54) is 0 Å². The van der Waals surface area contributed by atoms with Gasteiger partial charge in [-0.2, -0.15) is 5.26 Å². The summed E-state index contributed by atoms with van der Waals surface area (Å²) in [4.78, 5) is 2.91. The van der Waals surface area contributed by atoms with E-state index in [4.69, 9.17) is 5.26 Å². The molecule has 0 aliphatic rings. The molecule has 0 unspecified atom stereocenters. The molecule has 0 fully saturated rings. The van der Waals surface area contributed by atoms with Crippen LogP contribution in [0.15, 0.2) is 24.4 Å². The number of aromatic nitrogens is 1. The molecule has 0 bridgehead atoms. The largest absolute Gasteiger partial charge is 0.362 e. The van der Waals surface area contributed by atoms with E-state index in [-0.39, 0.29) is 0 Å². The van der Waals surface area contributed by atoms with Crippen LogP contribution in [-0.2, 0) is 0 Å². The van der Waals surface area contributed by atoms with Gasteiger partial charge >= 0.3 is 0 Å². The monoisotopic (exact) mass is 144 g/mol. The van der Waals surface area contributed by atoms with Gasteiger partial charge in [-0.25, -0.2) is 0 Å². The number of nitrogens with one attached hydrogen (secondary N) is 1. The smallest absolute Gasteiger partial charge is 0.0985 e. The summed E-state index contributed by atoms with van der Waals surface area (Å²) in [6, 6.07) is 3.79. The molecule has 0 saturated heterocycles. The molecule has 1 heterocycles. The third kappa shape index (κ3) is 1.59. The van der Waals surface area contributed by atoms with E-state index < -0.39 is 0 Å². The molecule has 0 aliphatic carbocycles. The summed E-state index contributed by atoms with van der Waals surface area (Å²) >= 11 is 0. The molecule has 54 valence electrons. The number of aromatic amines is 1. The van der Waals surface area contributed by atoms with E-state index in [1.54, 1.807) is 12.3 Å². The first kappa shape index (κ1) is 7.36. The SMILES string of the molecule is C=C(C#N)/C=c1/cc[nH]c1=C. The van der Waals surface area contributed by atoms with E-state index in [1.807, 2.05) is 12.1 Å². The van der Waals surface area contributed by atoms with Crippen LogP contribution < -0.4 is 10.6 Å². The van der Waals surface area contributed by atoms with Crippen molar-refractivity contribution in [2.45, 2.75) is 0 Å². The molecule has 0 atom stereocenters. The lowest BCUT2D eigenvalue weighted by Crippen LogP contribution is -2.19. The van der Waals surface area contributed by atoms with Crippen LogP contribution in [0.5, 0.6) is 0 Å². The van der Waals surface area contributed by atoms with E-state index in [9.17, 15) is 0 Å². The summed E-state index contributed by atoms with van der Waals surface area (Å²) in [7, 11) is 0. The molecule has 0 aromatic carbocycles. The molecule has 0 amide bonds. The maximum absolute atomic E-state index is 8.41. The zero-order valence-corrected chi connectivity index (χ0v) is 6.09. The van der Waals surface area contributed by atoms with Crippen molar-refractivity contribution in [3.8, 4) is 6.07 Å². The summed E-state index contributed by atoms with van der Waals surface area (Å²) in [5, 5.41) is 10.1. The van der Waals surface area contributed by atoms with Gasteiger partial charge in [-0.3, -0.25) is 0 Å². The van der Waals surface area contributed by atoms with E-state index in [0.29, 0.717) is 5.57 Å². The highest BCUT2D eigenvalue weighted by molar-refractivity contribution is 5.52. The van der Waals surface area contributed by atoms with Gasteiger partial charge in [-0.1, -0.05) is 13.2 Å². The molecule has 0 radical (unpaired) electrons. The minimum absolute atomic E-state index is 0.439. The zero-order valence-electron chi connectivity index (χ0n) is 6.09. The maximum atomic E-state index is 8.41. The molecule has 1 rings (SSSR count). The lowest BCUT2D eigenvalue weighted by Gasteiger charge is -1.78. The van der Waals surface area contributed by atoms with Crippen molar-refractivity contribution in [2.75, 3.05) is 0 Å². The van der Waals surface area contributed by atoms with Gasteiger partial charge in [-0.15, -0.1) is 0 Å². The second-order valence-corrected chi connectivity index (χ2v) is 2.19. The second-order valence-electron chi connectivity index (χ2n) is 2.19. The highest BCUT2D eigenvalue weighted by Gasteiger charge is 1.84. The van der Waals surface area contributed by atoms with Crippen molar-refractivity contribution in [1.29, 1.82) is 5.26 Å². The fourth-order valence-electron chi connectivity index (χ4n) is 0.771. The van der Waals surface area contributed by atoms with Crippen LogP contribution in [-0.4, -0.2) is 4.98 Å². The molecule has 0 saturated carbocycles. The number of hydrogen-bond donors (Lipinski definition) is 1. The first-order valence-corrected chi connectivity index (χ1v) is 3.17. The van der Waals surface area contributed by atoms with Crippen LogP contribution in [0.3, 0.4) is 0 Å². The molecule has 2 nitrogen and oxygen atoms in total. The number of nitrogens with zero attached hydrogens (tertiary/aromatic N) is 1. The Hall–Kier alpha value is -1.75. The fraction of sp³-hybridized carbons (Fsp3) is 0. The standard InChI is InChI=1S/C9H8N2/c1-7(6-10)5-9-3-4-11-8(9)2/h3-5,11H,1-2H2/b9-5-. The van der Waals surface area contributed by atoms with Gasteiger partial charge in [0.25, 0.3) is 0 Å². The van der Waals surface area contributed by atoms with Crippen LogP contribution in [0, 0.1) is 11.3 Å². The summed E-state index contributed by atoms with van der Waals surface area (Å²) in [5.41, 5.74) is 0.439. The van der Waals surface area contributed by atoms with Crippen LogP contribution in [0.4, 0.5) is 0 Å². The third-order valence-electron chi connectivity index (χ3n) is 1.34. The summed E-state index contributed by atoms with van der Waals surface area (Å²) in [6.45, 7) is 7.26. The van der Waals surface area contributed by atoms with Gasteiger partial charge in [-0.05, 0) is 12.1 Å². The molecule has 11 heavy (non-hydrogen) atoms. The normalized spacial score (nSPS) is 11.0. The van der Waals surface area contributed by atoms with Crippen molar-refractivity contribution >= 4 is 12.7 Å². The van der Waals surface area contributed by atoms with Gasteiger partial charge in [0.05, 0.1) is 6.07 Å². The van der Waals surface area contributed by atoms with Gasteiger partial charge in [0.1, 0.15) is 0 Å². The Morgan fingerprint density at radius 1 is 1.73 bits per heavy atom. The Kier molecular flexibility index (Phi) is 1.93. The van der Waals surface area contributed by atoms with Crippen molar-refractivity contribution in [3.63, 3.8) is 0 Å². The number of allylic oxidation sites excluding steroid dienone is 1. The van der Waals surface area contributed by atoms with E-state index in [0.717, 1.165) is 10.6 Å². The van der Waals surface area contributed by atoms with E-state index in [2.05, 4.69) is 18.1 Å². The molecule has 2 heteroatoms. The van der Waals surface area contributed by atoms with Crippen LogP contribution in [0.2, 0.25) is 0 Å². The first-order valence-electron chi connectivity index (χ1n) is 3.17. The summed E-state index contributed by atoms with van der Waals surface area (Å²) in [5.74, 6) is 0. The number of hydrogen-bond acceptors (Lipinski definition) is 1. The van der Waals surface area contributed by atoms with Crippen LogP contribution >= 0.6 is 0 Å². The number of H-pyrrole nitrogens is 1. The van der Waals surface area contributed by atoms with Gasteiger partial charge in [0, 0.05) is 22.3 Å². The lowest BCUT2D eigenvalue weighted by atomic mass is 10.3. The molecule has 0 spiro atoms. The highest BCUT2D eigenvalue weighted by atomic mass is 14.6. The van der Waals surface area contributed by atoms with Gasteiger partial charge in [0.15, 0.2) is 0 Å².